The molecule has 30 heavy (non-hydrogen) atoms. The first-order valence-corrected chi connectivity index (χ1v) is 12.9. The Labute approximate surface area is 177 Å². The normalized spacial score (nSPS) is 15.7. The zero-order valence-corrected chi connectivity index (χ0v) is 18.5. The van der Waals surface area contributed by atoms with E-state index in [0.717, 1.165) is 11.3 Å². The van der Waals surface area contributed by atoms with Gasteiger partial charge in [-0.1, -0.05) is 17.7 Å². The highest BCUT2D eigenvalue weighted by molar-refractivity contribution is 7.92. The summed E-state index contributed by atoms with van der Waals surface area (Å²) in [6.45, 7) is 3.86. The highest BCUT2D eigenvalue weighted by Gasteiger charge is 2.23. The Hall–Kier alpha value is -2.43. The first-order chi connectivity index (χ1) is 14.0. The third-order valence-electron chi connectivity index (χ3n) is 4.93. The standard InChI is InChI=1S/C20H25N3O5S2/c1-16-3-9-19(10-4-16)30(27,28)15-20(24)21-17-5-7-18(8-6-17)22-11-13-23(14-12-22)29(2,25)26/h3-10H,11-15H2,1-2H3,(H,21,24). The number of sulfone groups is 1. The average molecular weight is 452 g/mol. The minimum atomic E-state index is -3.71. The SMILES string of the molecule is Cc1ccc(S(=O)(=O)CC(=O)Nc2ccc(N3CCN(S(C)(=O)=O)CC3)cc2)cc1. The number of aryl methyl sites for hydroxylation is 1. The van der Waals surface area contributed by atoms with Gasteiger partial charge in [0.25, 0.3) is 0 Å². The molecule has 2 aromatic rings. The largest absolute Gasteiger partial charge is 0.369 e. The molecule has 0 bridgehead atoms. The van der Waals surface area contributed by atoms with Gasteiger partial charge in [0.1, 0.15) is 5.75 Å². The highest BCUT2D eigenvalue weighted by Crippen LogP contribution is 2.20. The van der Waals surface area contributed by atoms with Crippen LogP contribution in [0.1, 0.15) is 5.56 Å². The van der Waals surface area contributed by atoms with E-state index in [4.69, 9.17) is 0 Å². The lowest BCUT2D eigenvalue weighted by atomic mass is 10.2. The van der Waals surface area contributed by atoms with Crippen LogP contribution in [0.5, 0.6) is 0 Å². The number of anilines is 2. The molecule has 1 N–H and O–H groups in total. The maximum absolute atomic E-state index is 12.4. The summed E-state index contributed by atoms with van der Waals surface area (Å²) >= 11 is 0. The maximum atomic E-state index is 12.4. The van der Waals surface area contributed by atoms with Crippen LogP contribution in [0.3, 0.4) is 0 Å². The summed E-state index contributed by atoms with van der Waals surface area (Å²) in [6.07, 6.45) is 1.21. The lowest BCUT2D eigenvalue weighted by Crippen LogP contribution is -2.48. The number of nitrogens with one attached hydrogen (secondary N) is 1. The number of hydrogen-bond donors (Lipinski definition) is 1. The van der Waals surface area contributed by atoms with Gasteiger partial charge in [0.2, 0.25) is 15.9 Å². The molecule has 8 nitrogen and oxygen atoms in total. The number of nitrogens with zero attached hydrogens (tertiary/aromatic N) is 2. The van der Waals surface area contributed by atoms with E-state index in [0.29, 0.717) is 31.9 Å². The van der Waals surface area contributed by atoms with E-state index in [1.807, 2.05) is 19.1 Å². The van der Waals surface area contributed by atoms with E-state index in [2.05, 4.69) is 10.2 Å². The first kappa shape index (κ1) is 22.3. The summed E-state index contributed by atoms with van der Waals surface area (Å²) < 4.78 is 49.4. The summed E-state index contributed by atoms with van der Waals surface area (Å²) in [6, 6.07) is 13.4. The molecule has 1 saturated heterocycles. The topological polar surface area (TPSA) is 104 Å². The van der Waals surface area contributed by atoms with E-state index in [9.17, 15) is 21.6 Å². The van der Waals surface area contributed by atoms with E-state index in [1.165, 1.54) is 22.7 Å². The Kier molecular flexibility index (Phi) is 6.49. The van der Waals surface area contributed by atoms with Gasteiger partial charge >= 0.3 is 0 Å². The van der Waals surface area contributed by atoms with Crippen molar-refractivity contribution in [1.82, 2.24) is 4.31 Å². The van der Waals surface area contributed by atoms with Crippen molar-refractivity contribution in [1.29, 1.82) is 0 Å². The molecule has 2 aromatic carbocycles. The molecule has 0 aromatic heterocycles. The van der Waals surface area contributed by atoms with Gasteiger partial charge in [0.05, 0.1) is 11.2 Å². The number of sulfonamides is 1. The summed E-state index contributed by atoms with van der Waals surface area (Å²) in [5, 5.41) is 2.61. The second kappa shape index (κ2) is 8.75. The van der Waals surface area contributed by atoms with Crippen LogP contribution >= 0.6 is 0 Å². The Morgan fingerprint density at radius 1 is 0.900 bits per heavy atom. The number of carbonyl (C=O) groups is 1. The Bertz CT molecular complexity index is 1100. The molecule has 1 aliphatic rings. The minimum Gasteiger partial charge on any atom is -0.369 e. The van der Waals surface area contributed by atoms with Crippen LogP contribution in [0.25, 0.3) is 0 Å². The van der Waals surface area contributed by atoms with Gasteiger partial charge in [-0.15, -0.1) is 0 Å². The van der Waals surface area contributed by atoms with Crippen LogP contribution < -0.4 is 10.2 Å². The van der Waals surface area contributed by atoms with Crippen molar-refractivity contribution in [3.05, 3.63) is 54.1 Å². The third kappa shape index (κ3) is 5.59. The molecule has 0 atom stereocenters. The molecule has 0 saturated carbocycles. The van der Waals surface area contributed by atoms with Crippen LogP contribution in [-0.4, -0.2) is 65.2 Å². The molecule has 0 unspecified atom stereocenters. The van der Waals surface area contributed by atoms with Crippen molar-refractivity contribution < 1.29 is 21.6 Å². The second-order valence-electron chi connectivity index (χ2n) is 7.32. The van der Waals surface area contributed by atoms with Gasteiger partial charge < -0.3 is 10.2 Å². The Balaban J connectivity index is 1.58. The quantitative estimate of drug-likeness (QED) is 0.714. The van der Waals surface area contributed by atoms with Gasteiger partial charge in [-0.05, 0) is 43.3 Å². The minimum absolute atomic E-state index is 0.117. The van der Waals surface area contributed by atoms with Crippen LogP contribution in [0.4, 0.5) is 11.4 Å². The summed E-state index contributed by atoms with van der Waals surface area (Å²) in [7, 11) is -6.89. The molecule has 0 spiro atoms. The predicted molar refractivity (Wildman–Crippen MR) is 117 cm³/mol. The molecule has 1 amide bonds. The van der Waals surface area contributed by atoms with Crippen molar-refractivity contribution in [2.24, 2.45) is 0 Å². The lowest BCUT2D eigenvalue weighted by molar-refractivity contribution is -0.113. The fraction of sp³-hybridized carbons (Fsp3) is 0.350. The molecule has 1 heterocycles. The summed E-state index contributed by atoms with van der Waals surface area (Å²) in [4.78, 5) is 14.4. The predicted octanol–water partition coefficient (Wildman–Crippen LogP) is 1.49. The molecule has 3 rings (SSSR count). The van der Waals surface area contributed by atoms with E-state index in [1.54, 1.807) is 24.3 Å². The zero-order valence-electron chi connectivity index (χ0n) is 16.9. The number of carbonyl (C=O) groups excluding carboxylic acids is 1. The highest BCUT2D eigenvalue weighted by atomic mass is 32.2. The average Bonchev–Trinajstić information content (AvgIpc) is 2.68. The van der Waals surface area contributed by atoms with Crippen LogP contribution in [0, 0.1) is 6.92 Å². The molecular formula is C20H25N3O5S2. The van der Waals surface area contributed by atoms with Crippen molar-refractivity contribution in [3.63, 3.8) is 0 Å². The molecule has 162 valence electrons. The van der Waals surface area contributed by atoms with Crippen LogP contribution in [-0.2, 0) is 24.7 Å². The van der Waals surface area contributed by atoms with Crippen LogP contribution in [0.15, 0.2) is 53.4 Å². The molecule has 1 aliphatic heterocycles. The van der Waals surface area contributed by atoms with E-state index < -0.39 is 31.5 Å². The van der Waals surface area contributed by atoms with Crippen molar-refractivity contribution in [2.75, 3.05) is 48.4 Å². The first-order valence-electron chi connectivity index (χ1n) is 9.44. The molecular weight excluding hydrogens is 426 g/mol. The fourth-order valence-corrected chi connectivity index (χ4v) is 5.19. The number of benzene rings is 2. The monoisotopic (exact) mass is 451 g/mol. The number of amides is 1. The maximum Gasteiger partial charge on any atom is 0.239 e. The van der Waals surface area contributed by atoms with Crippen molar-refractivity contribution in [2.45, 2.75) is 11.8 Å². The fourth-order valence-electron chi connectivity index (χ4n) is 3.23. The van der Waals surface area contributed by atoms with Crippen LogP contribution in [0.2, 0.25) is 0 Å². The molecule has 10 heteroatoms. The second-order valence-corrected chi connectivity index (χ2v) is 11.3. The number of piperazine rings is 1. The zero-order chi connectivity index (χ0) is 21.9. The van der Waals surface area contributed by atoms with Gasteiger partial charge in [0, 0.05) is 37.6 Å². The number of hydrogen-bond acceptors (Lipinski definition) is 6. The van der Waals surface area contributed by atoms with Crippen molar-refractivity contribution in [3.8, 4) is 0 Å². The number of rotatable bonds is 6. The Morgan fingerprint density at radius 2 is 1.47 bits per heavy atom. The third-order valence-corrected chi connectivity index (χ3v) is 7.86. The summed E-state index contributed by atoms with van der Waals surface area (Å²) in [5.74, 6) is -1.24. The molecule has 0 aliphatic carbocycles. The summed E-state index contributed by atoms with van der Waals surface area (Å²) in [5.41, 5.74) is 2.35. The van der Waals surface area contributed by atoms with E-state index >= 15 is 0 Å². The van der Waals surface area contributed by atoms with Gasteiger partial charge in [-0.3, -0.25) is 4.79 Å². The van der Waals surface area contributed by atoms with Gasteiger partial charge in [-0.2, -0.15) is 4.31 Å². The van der Waals surface area contributed by atoms with Crippen molar-refractivity contribution >= 4 is 37.1 Å². The van der Waals surface area contributed by atoms with E-state index in [-0.39, 0.29) is 4.90 Å². The molecule has 0 radical (unpaired) electrons. The van der Waals surface area contributed by atoms with Gasteiger partial charge in [0.15, 0.2) is 9.84 Å². The van der Waals surface area contributed by atoms with Gasteiger partial charge in [-0.25, -0.2) is 16.8 Å². The smallest absolute Gasteiger partial charge is 0.239 e. The lowest BCUT2D eigenvalue weighted by Gasteiger charge is -2.34. The molecule has 1 fully saturated rings. The Morgan fingerprint density at radius 3 is 2.00 bits per heavy atom.